The molecule has 0 spiro atoms. The van der Waals surface area contributed by atoms with E-state index in [0.29, 0.717) is 17.9 Å². The summed E-state index contributed by atoms with van der Waals surface area (Å²) in [5, 5.41) is 11.0. The van der Waals surface area contributed by atoms with Gasteiger partial charge in [0.25, 0.3) is 11.6 Å². The van der Waals surface area contributed by atoms with E-state index < -0.39 is 26.7 Å². The molecule has 0 aliphatic carbocycles. The highest BCUT2D eigenvalue weighted by molar-refractivity contribution is 7.91. The Labute approximate surface area is 160 Å². The standard InChI is InChI=1S/C17H17ClN2O6S/c1-11-2-4-14(26-11)9-19(13-6-7-27(24,25)10-13)17(21)12-3-5-15(18)16(8-12)20(22)23/h2-5,8,13H,6-7,9-10H2,1H3/t13-/m1/s1. The van der Waals surface area contributed by atoms with Crippen molar-refractivity contribution < 1.29 is 22.6 Å². The number of rotatable bonds is 5. The Morgan fingerprint density at radius 3 is 2.67 bits per heavy atom. The Morgan fingerprint density at radius 1 is 1.37 bits per heavy atom. The van der Waals surface area contributed by atoms with Crippen LogP contribution in [0.4, 0.5) is 5.69 Å². The zero-order valence-corrected chi connectivity index (χ0v) is 16.0. The Hall–Kier alpha value is -2.39. The molecule has 0 unspecified atom stereocenters. The molecule has 144 valence electrons. The summed E-state index contributed by atoms with van der Waals surface area (Å²) in [6, 6.07) is 6.71. The minimum absolute atomic E-state index is 0.000600. The monoisotopic (exact) mass is 412 g/mol. The summed E-state index contributed by atoms with van der Waals surface area (Å²) in [4.78, 5) is 24.9. The van der Waals surface area contributed by atoms with E-state index in [-0.39, 0.29) is 34.3 Å². The van der Waals surface area contributed by atoms with Gasteiger partial charge < -0.3 is 9.32 Å². The molecule has 27 heavy (non-hydrogen) atoms. The molecule has 1 aromatic carbocycles. The van der Waals surface area contributed by atoms with Crippen molar-refractivity contribution in [1.82, 2.24) is 4.90 Å². The van der Waals surface area contributed by atoms with Crippen molar-refractivity contribution in [2.24, 2.45) is 0 Å². The normalized spacial score (nSPS) is 18.4. The van der Waals surface area contributed by atoms with Gasteiger partial charge in [0, 0.05) is 17.7 Å². The van der Waals surface area contributed by atoms with Gasteiger partial charge in [-0.25, -0.2) is 8.42 Å². The lowest BCUT2D eigenvalue weighted by atomic mass is 10.1. The van der Waals surface area contributed by atoms with Crippen LogP contribution in [-0.2, 0) is 16.4 Å². The summed E-state index contributed by atoms with van der Waals surface area (Å²) in [5.74, 6) is 0.520. The third-order valence-corrected chi connectivity index (χ3v) is 6.49. The van der Waals surface area contributed by atoms with Crippen molar-refractivity contribution in [1.29, 1.82) is 0 Å². The first-order valence-corrected chi connectivity index (χ1v) is 10.4. The van der Waals surface area contributed by atoms with Gasteiger partial charge in [-0.2, -0.15) is 0 Å². The lowest BCUT2D eigenvalue weighted by Gasteiger charge is -2.27. The second kappa shape index (κ2) is 7.32. The highest BCUT2D eigenvalue weighted by Gasteiger charge is 2.36. The van der Waals surface area contributed by atoms with E-state index in [9.17, 15) is 23.3 Å². The van der Waals surface area contributed by atoms with E-state index in [0.717, 1.165) is 6.07 Å². The van der Waals surface area contributed by atoms with Crippen LogP contribution >= 0.6 is 11.6 Å². The average Bonchev–Trinajstić information content (AvgIpc) is 3.17. The Kier molecular flexibility index (Phi) is 5.25. The Balaban J connectivity index is 1.95. The van der Waals surface area contributed by atoms with Crippen LogP contribution in [0.5, 0.6) is 0 Å². The molecule has 0 saturated carbocycles. The van der Waals surface area contributed by atoms with Crippen LogP contribution in [0, 0.1) is 17.0 Å². The number of amides is 1. The van der Waals surface area contributed by atoms with Crippen LogP contribution in [0.2, 0.25) is 5.02 Å². The highest BCUT2D eigenvalue weighted by atomic mass is 35.5. The quantitative estimate of drug-likeness (QED) is 0.551. The number of halogens is 1. The fourth-order valence-corrected chi connectivity index (χ4v) is 4.99. The van der Waals surface area contributed by atoms with Crippen LogP contribution in [0.3, 0.4) is 0 Å². The average molecular weight is 413 g/mol. The Morgan fingerprint density at radius 2 is 2.11 bits per heavy atom. The molecular formula is C17H17ClN2O6S. The minimum atomic E-state index is -3.23. The van der Waals surface area contributed by atoms with Crippen molar-refractivity contribution in [3.63, 3.8) is 0 Å². The van der Waals surface area contributed by atoms with Crippen LogP contribution in [0.25, 0.3) is 0 Å². The van der Waals surface area contributed by atoms with Gasteiger partial charge in [-0.1, -0.05) is 11.6 Å². The maximum Gasteiger partial charge on any atom is 0.288 e. The second-order valence-electron chi connectivity index (χ2n) is 6.43. The van der Waals surface area contributed by atoms with Crippen LogP contribution < -0.4 is 0 Å². The number of nitro groups is 1. The molecular weight excluding hydrogens is 396 g/mol. The van der Waals surface area contributed by atoms with E-state index in [4.69, 9.17) is 16.0 Å². The molecule has 0 radical (unpaired) electrons. The largest absolute Gasteiger partial charge is 0.464 e. The smallest absolute Gasteiger partial charge is 0.288 e. The summed E-state index contributed by atoms with van der Waals surface area (Å²) < 4.78 is 29.3. The molecule has 8 nitrogen and oxygen atoms in total. The van der Waals surface area contributed by atoms with Crippen LogP contribution in [0.1, 0.15) is 28.3 Å². The van der Waals surface area contributed by atoms with Crippen LogP contribution in [0.15, 0.2) is 34.7 Å². The summed E-state index contributed by atoms with van der Waals surface area (Å²) in [5.41, 5.74) is -0.311. The van der Waals surface area contributed by atoms with Gasteiger partial charge >= 0.3 is 0 Å². The van der Waals surface area contributed by atoms with Crippen LogP contribution in [-0.4, -0.2) is 41.7 Å². The number of hydrogen-bond donors (Lipinski definition) is 0. The highest BCUT2D eigenvalue weighted by Crippen LogP contribution is 2.28. The first-order valence-electron chi connectivity index (χ1n) is 8.17. The molecule has 2 heterocycles. The maximum atomic E-state index is 13.1. The number of aryl methyl sites for hydroxylation is 1. The van der Waals surface area contributed by atoms with Gasteiger partial charge in [0.15, 0.2) is 9.84 Å². The molecule has 0 bridgehead atoms. The van der Waals surface area contributed by atoms with E-state index in [1.165, 1.54) is 17.0 Å². The molecule has 0 N–H and O–H groups in total. The van der Waals surface area contributed by atoms with Gasteiger partial charge in [-0.05, 0) is 37.6 Å². The number of sulfone groups is 1. The van der Waals surface area contributed by atoms with Crippen molar-refractivity contribution in [3.8, 4) is 0 Å². The maximum absolute atomic E-state index is 13.1. The molecule has 1 saturated heterocycles. The molecule has 2 aromatic rings. The predicted octanol–water partition coefficient (Wildman–Crippen LogP) is 2.98. The first kappa shape index (κ1) is 19.4. The van der Waals surface area contributed by atoms with E-state index in [2.05, 4.69) is 0 Å². The summed E-state index contributed by atoms with van der Waals surface area (Å²) in [6.45, 7) is 1.83. The zero-order valence-electron chi connectivity index (χ0n) is 14.4. The van der Waals surface area contributed by atoms with Gasteiger partial charge in [-0.15, -0.1) is 0 Å². The number of furan rings is 1. The molecule has 1 fully saturated rings. The topological polar surface area (TPSA) is 111 Å². The van der Waals surface area contributed by atoms with Crippen molar-refractivity contribution in [3.05, 3.63) is 62.6 Å². The van der Waals surface area contributed by atoms with E-state index in [1.807, 2.05) is 0 Å². The fraction of sp³-hybridized carbons (Fsp3) is 0.353. The minimum Gasteiger partial charge on any atom is -0.464 e. The lowest BCUT2D eigenvalue weighted by molar-refractivity contribution is -0.384. The molecule has 1 aliphatic heterocycles. The molecule has 3 rings (SSSR count). The lowest BCUT2D eigenvalue weighted by Crippen LogP contribution is -2.40. The van der Waals surface area contributed by atoms with E-state index in [1.54, 1.807) is 19.1 Å². The fourth-order valence-electron chi connectivity index (χ4n) is 3.08. The molecule has 1 amide bonds. The number of nitro benzene ring substituents is 1. The van der Waals surface area contributed by atoms with Gasteiger partial charge in [0.2, 0.25) is 0 Å². The van der Waals surface area contributed by atoms with Crippen molar-refractivity contribution in [2.75, 3.05) is 11.5 Å². The summed E-state index contributed by atoms with van der Waals surface area (Å²) in [7, 11) is -3.23. The van der Waals surface area contributed by atoms with Gasteiger partial charge in [0.1, 0.15) is 16.5 Å². The molecule has 10 heteroatoms. The molecule has 1 atom stereocenters. The van der Waals surface area contributed by atoms with Crippen molar-refractivity contribution in [2.45, 2.75) is 25.9 Å². The summed E-state index contributed by atoms with van der Waals surface area (Å²) >= 11 is 5.81. The number of hydrogen-bond acceptors (Lipinski definition) is 6. The predicted molar refractivity (Wildman–Crippen MR) is 98.5 cm³/mol. The van der Waals surface area contributed by atoms with Gasteiger partial charge in [-0.3, -0.25) is 14.9 Å². The van der Waals surface area contributed by atoms with E-state index >= 15 is 0 Å². The van der Waals surface area contributed by atoms with Gasteiger partial charge in [0.05, 0.1) is 23.0 Å². The number of benzene rings is 1. The Bertz CT molecular complexity index is 1000. The molecule has 1 aliphatic rings. The van der Waals surface area contributed by atoms with Crippen molar-refractivity contribution >= 4 is 33.0 Å². The number of carbonyl (C=O) groups is 1. The SMILES string of the molecule is Cc1ccc(CN(C(=O)c2ccc(Cl)c([N+](=O)[O-])c2)[C@@H]2CCS(=O)(=O)C2)o1. The third-order valence-electron chi connectivity index (χ3n) is 4.42. The number of carbonyl (C=O) groups excluding carboxylic acids is 1. The second-order valence-corrected chi connectivity index (χ2v) is 9.06. The third kappa shape index (κ3) is 4.30. The summed E-state index contributed by atoms with van der Waals surface area (Å²) in [6.07, 6.45) is 0.309. The number of nitrogens with zero attached hydrogens (tertiary/aromatic N) is 2. The zero-order chi connectivity index (χ0) is 19.8. The first-order chi connectivity index (χ1) is 12.7. The molecule has 1 aromatic heterocycles.